The molecular formula is C6H9BrN2O3. The van der Waals surface area contributed by atoms with Crippen LogP contribution in [0.1, 0.15) is 0 Å². The molecule has 2 amide bonds. The molecule has 0 aromatic carbocycles. The minimum Gasteiger partial charge on any atom is -0.443 e. The Labute approximate surface area is 78.0 Å². The van der Waals surface area contributed by atoms with Crippen LogP contribution in [0.5, 0.6) is 0 Å². The first-order valence-corrected chi connectivity index (χ1v) is 4.55. The molecule has 1 atom stereocenters. The number of carbonyl (C=O) groups excluding carboxylic acids is 2. The van der Waals surface area contributed by atoms with Gasteiger partial charge in [0.15, 0.2) is 0 Å². The fourth-order valence-corrected chi connectivity index (χ4v) is 1.31. The zero-order valence-electron chi connectivity index (χ0n) is 6.33. The summed E-state index contributed by atoms with van der Waals surface area (Å²) in [6.45, 7) is 0.357. The highest BCUT2D eigenvalue weighted by atomic mass is 79.9. The van der Waals surface area contributed by atoms with Crippen molar-refractivity contribution in [2.75, 3.05) is 18.4 Å². The van der Waals surface area contributed by atoms with E-state index in [4.69, 9.17) is 10.5 Å². The highest BCUT2D eigenvalue weighted by Crippen LogP contribution is 2.11. The topological polar surface area (TPSA) is 72.6 Å². The minimum absolute atomic E-state index is 0.0671. The van der Waals surface area contributed by atoms with Crippen molar-refractivity contribution in [3.8, 4) is 0 Å². The molecule has 0 spiro atoms. The number of nitrogens with two attached hydrogens (primary N) is 1. The molecule has 2 N–H and O–H groups in total. The number of ether oxygens (including phenoxy) is 1. The summed E-state index contributed by atoms with van der Waals surface area (Å²) in [5, 5.41) is 0.577. The summed E-state index contributed by atoms with van der Waals surface area (Å²) in [7, 11) is 0. The molecule has 6 heteroatoms. The maximum atomic E-state index is 11.0. The Balaban J connectivity index is 2.46. The van der Waals surface area contributed by atoms with Crippen molar-refractivity contribution in [3.63, 3.8) is 0 Å². The molecule has 0 aromatic rings. The molecule has 1 aliphatic rings. The number of hydrogen-bond donors (Lipinski definition) is 1. The third-order valence-corrected chi connectivity index (χ3v) is 2.19. The van der Waals surface area contributed by atoms with Crippen molar-refractivity contribution >= 4 is 27.9 Å². The third kappa shape index (κ3) is 2.10. The highest BCUT2D eigenvalue weighted by Gasteiger charge is 2.30. The van der Waals surface area contributed by atoms with Crippen LogP contribution in [-0.4, -0.2) is 41.4 Å². The van der Waals surface area contributed by atoms with Gasteiger partial charge in [0.1, 0.15) is 12.6 Å². The van der Waals surface area contributed by atoms with Crippen LogP contribution in [0.3, 0.4) is 0 Å². The van der Waals surface area contributed by atoms with E-state index in [9.17, 15) is 9.59 Å². The molecule has 1 unspecified atom stereocenters. The van der Waals surface area contributed by atoms with Crippen LogP contribution in [0, 0.1) is 0 Å². The first-order valence-electron chi connectivity index (χ1n) is 3.43. The van der Waals surface area contributed by atoms with Crippen LogP contribution in [0.2, 0.25) is 0 Å². The van der Waals surface area contributed by atoms with Crippen molar-refractivity contribution in [2.45, 2.75) is 6.10 Å². The van der Waals surface area contributed by atoms with Gasteiger partial charge in [-0.15, -0.1) is 0 Å². The van der Waals surface area contributed by atoms with Crippen molar-refractivity contribution in [3.05, 3.63) is 0 Å². The van der Waals surface area contributed by atoms with Crippen molar-refractivity contribution in [1.82, 2.24) is 4.90 Å². The lowest BCUT2D eigenvalue weighted by molar-refractivity contribution is -0.118. The van der Waals surface area contributed by atoms with Crippen molar-refractivity contribution in [1.29, 1.82) is 0 Å². The molecule has 1 rings (SSSR count). The van der Waals surface area contributed by atoms with Crippen LogP contribution in [0.25, 0.3) is 0 Å². The molecule has 0 saturated carbocycles. The number of halogens is 1. The lowest BCUT2D eigenvalue weighted by Crippen LogP contribution is -2.34. The zero-order chi connectivity index (χ0) is 9.14. The van der Waals surface area contributed by atoms with Gasteiger partial charge in [0.25, 0.3) is 0 Å². The Bertz CT molecular complexity index is 209. The molecule has 0 bridgehead atoms. The van der Waals surface area contributed by atoms with Gasteiger partial charge in [-0.25, -0.2) is 4.79 Å². The van der Waals surface area contributed by atoms with Gasteiger partial charge in [-0.05, 0) is 0 Å². The highest BCUT2D eigenvalue weighted by molar-refractivity contribution is 9.09. The molecular weight excluding hydrogens is 228 g/mol. The number of primary amides is 1. The summed E-state index contributed by atoms with van der Waals surface area (Å²) in [6.07, 6.45) is -0.643. The van der Waals surface area contributed by atoms with Crippen molar-refractivity contribution in [2.24, 2.45) is 5.73 Å². The number of nitrogens with zero attached hydrogens (tertiary/aromatic N) is 1. The minimum atomic E-state index is -0.526. The van der Waals surface area contributed by atoms with Gasteiger partial charge in [0.2, 0.25) is 5.91 Å². The first kappa shape index (κ1) is 9.31. The summed E-state index contributed by atoms with van der Waals surface area (Å²) in [5.41, 5.74) is 4.92. The summed E-state index contributed by atoms with van der Waals surface area (Å²) >= 11 is 3.18. The normalized spacial score (nSPS) is 22.6. The second kappa shape index (κ2) is 3.75. The lowest BCUT2D eigenvalue weighted by atomic mass is 10.4. The molecule has 0 radical (unpaired) electrons. The molecule has 68 valence electrons. The second-order valence-electron chi connectivity index (χ2n) is 2.51. The lowest BCUT2D eigenvalue weighted by Gasteiger charge is -2.08. The third-order valence-electron chi connectivity index (χ3n) is 1.47. The van der Waals surface area contributed by atoms with Gasteiger partial charge in [0, 0.05) is 5.33 Å². The van der Waals surface area contributed by atoms with Crippen LogP contribution < -0.4 is 5.73 Å². The van der Waals surface area contributed by atoms with E-state index in [0.717, 1.165) is 0 Å². The van der Waals surface area contributed by atoms with Crippen LogP contribution >= 0.6 is 15.9 Å². The van der Waals surface area contributed by atoms with E-state index in [-0.39, 0.29) is 12.6 Å². The molecule has 0 aliphatic carbocycles. The molecule has 0 aromatic heterocycles. The second-order valence-corrected chi connectivity index (χ2v) is 3.15. The van der Waals surface area contributed by atoms with Crippen LogP contribution in [0.4, 0.5) is 4.79 Å². The molecule has 1 heterocycles. The number of cyclic esters (lactones) is 1. The van der Waals surface area contributed by atoms with E-state index >= 15 is 0 Å². The maximum absolute atomic E-state index is 11.0. The van der Waals surface area contributed by atoms with Gasteiger partial charge in [-0.1, -0.05) is 15.9 Å². The number of rotatable bonds is 3. The van der Waals surface area contributed by atoms with E-state index in [2.05, 4.69) is 15.9 Å². The average molecular weight is 237 g/mol. The molecule has 5 nitrogen and oxygen atoms in total. The summed E-state index contributed by atoms with van der Waals surface area (Å²) in [5.74, 6) is -0.526. The van der Waals surface area contributed by atoms with Gasteiger partial charge in [-0.2, -0.15) is 0 Å². The van der Waals surface area contributed by atoms with Crippen LogP contribution in [-0.2, 0) is 9.53 Å². The fraction of sp³-hybridized carbons (Fsp3) is 0.667. The van der Waals surface area contributed by atoms with E-state index in [1.165, 1.54) is 4.90 Å². The van der Waals surface area contributed by atoms with Gasteiger partial charge >= 0.3 is 6.09 Å². The Hall–Kier alpha value is -0.780. The van der Waals surface area contributed by atoms with E-state index in [1.54, 1.807) is 0 Å². The predicted molar refractivity (Wildman–Crippen MR) is 44.8 cm³/mol. The van der Waals surface area contributed by atoms with E-state index < -0.39 is 12.0 Å². The summed E-state index contributed by atoms with van der Waals surface area (Å²) in [4.78, 5) is 22.7. The van der Waals surface area contributed by atoms with Crippen LogP contribution in [0.15, 0.2) is 0 Å². The van der Waals surface area contributed by atoms with E-state index in [1.807, 2.05) is 0 Å². The van der Waals surface area contributed by atoms with Crippen molar-refractivity contribution < 1.29 is 14.3 Å². The standard InChI is InChI=1S/C6H9BrN2O3/c7-1-4-2-9(3-5(8)10)6(11)12-4/h4H,1-3H2,(H2,8,10). The number of amides is 2. The fourth-order valence-electron chi connectivity index (χ4n) is 0.972. The Kier molecular flexibility index (Phi) is 2.91. The number of hydrogen-bond acceptors (Lipinski definition) is 3. The summed E-state index contributed by atoms with van der Waals surface area (Å²) in [6, 6.07) is 0. The van der Waals surface area contributed by atoms with E-state index in [0.29, 0.717) is 11.9 Å². The smallest absolute Gasteiger partial charge is 0.410 e. The largest absolute Gasteiger partial charge is 0.443 e. The zero-order valence-corrected chi connectivity index (χ0v) is 7.91. The summed E-state index contributed by atoms with van der Waals surface area (Å²) < 4.78 is 4.86. The van der Waals surface area contributed by atoms with Gasteiger partial charge in [0.05, 0.1) is 6.54 Å². The Morgan fingerprint density at radius 3 is 2.92 bits per heavy atom. The predicted octanol–water partition coefficient (Wildman–Crippen LogP) is -0.313. The molecule has 1 aliphatic heterocycles. The first-order chi connectivity index (χ1) is 5.63. The molecule has 1 fully saturated rings. The Morgan fingerprint density at radius 2 is 2.50 bits per heavy atom. The average Bonchev–Trinajstić information content (AvgIpc) is 2.31. The monoisotopic (exact) mass is 236 g/mol. The Morgan fingerprint density at radius 1 is 1.83 bits per heavy atom. The number of carbonyl (C=O) groups is 2. The quantitative estimate of drug-likeness (QED) is 0.684. The van der Waals surface area contributed by atoms with Gasteiger partial charge in [-0.3, -0.25) is 9.69 Å². The molecule has 1 saturated heterocycles. The number of alkyl halides is 1. The maximum Gasteiger partial charge on any atom is 0.410 e. The van der Waals surface area contributed by atoms with Gasteiger partial charge < -0.3 is 10.5 Å². The molecule has 12 heavy (non-hydrogen) atoms. The SMILES string of the molecule is NC(=O)CN1CC(CBr)OC1=O.